The molecule has 3 aliphatic heterocycles. The number of morpholine rings is 1. The van der Waals surface area contributed by atoms with Gasteiger partial charge in [0.15, 0.2) is 0 Å². The van der Waals surface area contributed by atoms with Gasteiger partial charge in [0.05, 0.1) is 41.1 Å². The SMILES string of the molecule is C=C1CCC(N2C(=O)c3ccc(NCCCCCCCCCC(=O)Oc4ccc(CCc5nc6cc(-c7c(C)noc7C)ccc6n5CCN5CCOCC5)cc4)cc3C2=O)C(=O)N1. The molecule has 2 N–H and O–H groups in total. The number of nitrogens with one attached hydrogen (secondary N) is 2. The van der Waals surface area contributed by atoms with E-state index in [1.165, 1.54) is 0 Å². The fraction of sp³-hybridized carbons (Fsp3) is 0.440. The summed E-state index contributed by atoms with van der Waals surface area (Å²) in [4.78, 5) is 60.0. The van der Waals surface area contributed by atoms with Crippen LogP contribution in [0.4, 0.5) is 5.69 Å². The molecule has 2 fully saturated rings. The zero-order valence-corrected chi connectivity index (χ0v) is 37.1. The van der Waals surface area contributed by atoms with E-state index >= 15 is 0 Å². The largest absolute Gasteiger partial charge is 0.427 e. The second-order valence-electron chi connectivity index (χ2n) is 17.2. The summed E-state index contributed by atoms with van der Waals surface area (Å²) in [6, 6.07) is 18.7. The van der Waals surface area contributed by atoms with Crippen molar-refractivity contribution in [2.45, 2.75) is 103 Å². The Morgan fingerprint density at radius 3 is 2.38 bits per heavy atom. The minimum absolute atomic E-state index is 0.208. The van der Waals surface area contributed by atoms with Crippen molar-refractivity contribution in [2.75, 3.05) is 44.7 Å². The summed E-state index contributed by atoms with van der Waals surface area (Å²) in [6.45, 7) is 13.6. The lowest BCUT2D eigenvalue weighted by atomic mass is 10.0. The molecule has 8 rings (SSSR count). The molecule has 3 aliphatic rings. The number of rotatable bonds is 20. The predicted molar refractivity (Wildman–Crippen MR) is 244 cm³/mol. The maximum atomic E-state index is 13.2. The Kier molecular flexibility index (Phi) is 14.3. The van der Waals surface area contributed by atoms with Gasteiger partial charge in [0, 0.05) is 62.5 Å². The van der Waals surface area contributed by atoms with Gasteiger partial charge in [0.1, 0.15) is 23.4 Å². The first-order valence-electron chi connectivity index (χ1n) is 22.9. The van der Waals surface area contributed by atoms with E-state index in [0.29, 0.717) is 41.8 Å². The fourth-order valence-corrected chi connectivity index (χ4v) is 9.07. The first-order valence-corrected chi connectivity index (χ1v) is 22.9. The molecule has 3 amide bonds. The molecule has 1 atom stereocenters. The van der Waals surface area contributed by atoms with E-state index in [2.05, 4.69) is 50.0 Å². The molecular weight excluding hydrogens is 811 g/mol. The van der Waals surface area contributed by atoms with E-state index in [1.807, 2.05) is 44.2 Å². The normalized spacial score (nSPS) is 16.7. The van der Waals surface area contributed by atoms with Gasteiger partial charge in [0.25, 0.3) is 11.8 Å². The van der Waals surface area contributed by atoms with Gasteiger partial charge in [-0.25, -0.2) is 4.98 Å². The predicted octanol–water partition coefficient (Wildman–Crippen LogP) is 7.95. The first-order chi connectivity index (χ1) is 31.1. The van der Waals surface area contributed by atoms with Gasteiger partial charge in [-0.05, 0) is 99.5 Å². The maximum absolute atomic E-state index is 13.2. The van der Waals surface area contributed by atoms with Gasteiger partial charge >= 0.3 is 5.97 Å². The van der Waals surface area contributed by atoms with Crippen LogP contribution in [0.5, 0.6) is 5.75 Å². The van der Waals surface area contributed by atoms with E-state index in [1.54, 1.807) is 12.1 Å². The zero-order chi connectivity index (χ0) is 44.6. The van der Waals surface area contributed by atoms with Crippen molar-refractivity contribution in [1.82, 2.24) is 29.8 Å². The molecule has 2 saturated heterocycles. The lowest BCUT2D eigenvalue weighted by molar-refractivity contribution is -0.134. The van der Waals surface area contributed by atoms with Crippen LogP contribution >= 0.6 is 0 Å². The van der Waals surface area contributed by atoms with Gasteiger partial charge in [-0.1, -0.05) is 62.0 Å². The number of benzene rings is 3. The number of nitrogens with zero attached hydrogens (tertiary/aromatic N) is 5. The first kappa shape index (κ1) is 44.5. The topological polar surface area (TPSA) is 161 Å². The molecule has 0 spiro atoms. The van der Waals surface area contributed by atoms with E-state index in [-0.39, 0.29) is 11.9 Å². The molecule has 14 heteroatoms. The van der Waals surface area contributed by atoms with Crippen LogP contribution < -0.4 is 15.4 Å². The highest BCUT2D eigenvalue weighted by Crippen LogP contribution is 2.32. The highest BCUT2D eigenvalue weighted by Gasteiger charge is 2.44. The number of carbonyl (C=O) groups is 4. The van der Waals surface area contributed by atoms with Crippen LogP contribution in [0.1, 0.15) is 108 Å². The monoisotopic (exact) mass is 869 g/mol. The summed E-state index contributed by atoms with van der Waals surface area (Å²) in [5.74, 6) is 0.979. The molecule has 5 aromatic rings. The number of imidazole rings is 1. The highest BCUT2D eigenvalue weighted by molar-refractivity contribution is 6.23. The van der Waals surface area contributed by atoms with E-state index in [4.69, 9.17) is 19.0 Å². The average molecular weight is 870 g/mol. The standard InChI is InChI=1S/C50H59N7O7/c1-33-12-21-44(48(59)52-33)57-49(60)40-20-17-38(32-41(40)50(57)61)51-24-10-8-6-4-5-7-9-11-46(58)63-39-18-13-36(14-19-39)15-23-45-53-42-31-37(47-34(2)54-64-35(47)3)16-22-43(42)56(45)26-25-55-27-29-62-30-28-55/h13-14,16-20,22,31-32,44,51H,1,4-12,15,21,23-30H2,2-3H3,(H,52,59). The third-order valence-corrected chi connectivity index (χ3v) is 12.6. The second-order valence-corrected chi connectivity index (χ2v) is 17.2. The van der Waals surface area contributed by atoms with E-state index in [9.17, 15) is 19.2 Å². The lowest BCUT2D eigenvalue weighted by Gasteiger charge is -2.29. The quantitative estimate of drug-likeness (QED) is 0.0338. The van der Waals surface area contributed by atoms with E-state index < -0.39 is 17.9 Å². The number of carbonyl (C=O) groups excluding carboxylic acids is 4. The number of amides is 3. The number of anilines is 1. The molecule has 14 nitrogen and oxygen atoms in total. The Labute approximate surface area is 374 Å². The number of esters is 1. The number of hydrogen-bond acceptors (Lipinski definition) is 11. The molecule has 0 aliphatic carbocycles. The Balaban J connectivity index is 0.724. The summed E-state index contributed by atoms with van der Waals surface area (Å²) in [7, 11) is 0. The van der Waals surface area contributed by atoms with Crippen LogP contribution in [-0.2, 0) is 33.7 Å². The van der Waals surface area contributed by atoms with Crippen molar-refractivity contribution in [2.24, 2.45) is 0 Å². The molecule has 0 saturated carbocycles. The van der Waals surface area contributed by atoms with Gasteiger partial charge in [-0.2, -0.15) is 0 Å². The van der Waals surface area contributed by atoms with E-state index in [0.717, 1.165) is 159 Å². The lowest BCUT2D eigenvalue weighted by Crippen LogP contribution is -2.51. The summed E-state index contributed by atoms with van der Waals surface area (Å²) >= 11 is 0. The van der Waals surface area contributed by atoms with Crippen molar-refractivity contribution >= 4 is 40.4 Å². The number of aryl methyl sites for hydroxylation is 4. The molecule has 336 valence electrons. The van der Waals surface area contributed by atoms with Gasteiger partial charge in [-0.15, -0.1) is 0 Å². The Hall–Kier alpha value is -6.12. The smallest absolute Gasteiger partial charge is 0.311 e. The van der Waals surface area contributed by atoms with Crippen molar-refractivity contribution in [3.63, 3.8) is 0 Å². The molecule has 64 heavy (non-hydrogen) atoms. The number of imide groups is 1. The van der Waals surface area contributed by atoms with Crippen LogP contribution in [0.3, 0.4) is 0 Å². The molecule has 3 aromatic carbocycles. The Morgan fingerprint density at radius 2 is 1.62 bits per heavy atom. The number of hydrogen-bond donors (Lipinski definition) is 2. The zero-order valence-electron chi connectivity index (χ0n) is 37.1. The number of piperidine rings is 1. The molecule has 0 bridgehead atoms. The van der Waals surface area contributed by atoms with Crippen LogP contribution in [0.25, 0.3) is 22.2 Å². The molecule has 2 aromatic heterocycles. The Bertz CT molecular complexity index is 2480. The number of aromatic nitrogens is 3. The average Bonchev–Trinajstić information content (AvgIpc) is 3.91. The number of fused-ring (bicyclic) bond motifs is 2. The van der Waals surface area contributed by atoms with Crippen LogP contribution in [0, 0.1) is 13.8 Å². The van der Waals surface area contributed by atoms with Gasteiger partial charge in [-0.3, -0.25) is 29.0 Å². The molecule has 5 heterocycles. The molecule has 1 unspecified atom stereocenters. The van der Waals surface area contributed by atoms with Crippen molar-refractivity contribution in [3.8, 4) is 16.9 Å². The third-order valence-electron chi connectivity index (χ3n) is 12.6. The Morgan fingerprint density at radius 1 is 0.875 bits per heavy atom. The van der Waals surface area contributed by atoms with Crippen molar-refractivity contribution < 1.29 is 33.2 Å². The second kappa shape index (κ2) is 20.6. The van der Waals surface area contributed by atoms with Crippen molar-refractivity contribution in [3.05, 3.63) is 107 Å². The van der Waals surface area contributed by atoms with Crippen LogP contribution in [0.15, 0.2) is 77.5 Å². The van der Waals surface area contributed by atoms with Gasteiger partial charge in [0.2, 0.25) is 5.91 Å². The minimum atomic E-state index is -0.817. The summed E-state index contributed by atoms with van der Waals surface area (Å²) in [6.07, 6.45) is 9.93. The number of unbranched alkanes of at least 4 members (excludes halogenated alkanes) is 6. The fourth-order valence-electron chi connectivity index (χ4n) is 9.07. The third kappa shape index (κ3) is 10.5. The molecule has 0 radical (unpaired) electrons. The van der Waals surface area contributed by atoms with Crippen LogP contribution in [0.2, 0.25) is 0 Å². The highest BCUT2D eigenvalue weighted by atomic mass is 16.5. The van der Waals surface area contributed by atoms with Gasteiger partial charge < -0.3 is 29.2 Å². The van der Waals surface area contributed by atoms with Crippen LogP contribution in [-0.4, -0.2) is 93.6 Å². The summed E-state index contributed by atoms with van der Waals surface area (Å²) in [5.41, 5.74) is 8.22. The molecular formula is C50H59N7O7. The number of allylic oxidation sites excluding steroid dienone is 1. The summed E-state index contributed by atoms with van der Waals surface area (Å²) in [5, 5.41) is 10.2. The minimum Gasteiger partial charge on any atom is -0.427 e. The summed E-state index contributed by atoms with van der Waals surface area (Å²) < 4.78 is 19.1. The maximum Gasteiger partial charge on any atom is 0.311 e. The van der Waals surface area contributed by atoms with Crippen molar-refractivity contribution in [1.29, 1.82) is 0 Å². The number of ether oxygens (including phenoxy) is 2.